The number of carbonyl (C=O) groups excluding carboxylic acids is 3. The maximum Gasteiger partial charge on any atom is 0.245 e. The van der Waals surface area contributed by atoms with Crippen LogP contribution < -0.4 is 5.32 Å². The number of piperazine rings is 1. The van der Waals surface area contributed by atoms with Crippen molar-refractivity contribution in [3.05, 3.63) is 0 Å². The van der Waals surface area contributed by atoms with E-state index in [-0.39, 0.29) is 29.7 Å². The molecule has 3 amide bonds. The first-order valence-corrected chi connectivity index (χ1v) is 9.95. The predicted octanol–water partition coefficient (Wildman–Crippen LogP) is 0.302. The number of hydrogen-bond acceptors (Lipinski definition) is 4. The van der Waals surface area contributed by atoms with E-state index in [0.717, 1.165) is 25.9 Å². The molecule has 3 aliphatic rings. The third-order valence-corrected chi connectivity index (χ3v) is 5.61. The van der Waals surface area contributed by atoms with E-state index < -0.39 is 6.04 Å². The van der Waals surface area contributed by atoms with Crippen LogP contribution in [-0.4, -0.2) is 83.8 Å². The number of carbonyl (C=O) groups is 3. The molecule has 0 radical (unpaired) electrons. The average Bonchev–Trinajstić information content (AvgIpc) is 3.37. The summed E-state index contributed by atoms with van der Waals surface area (Å²) in [4.78, 5) is 43.5. The molecule has 2 unspecified atom stereocenters. The van der Waals surface area contributed by atoms with Gasteiger partial charge in [0.25, 0.3) is 0 Å². The van der Waals surface area contributed by atoms with Gasteiger partial charge in [-0.15, -0.1) is 0 Å². The van der Waals surface area contributed by atoms with Crippen LogP contribution in [0.5, 0.6) is 0 Å². The largest absolute Gasteiger partial charge is 0.338 e. The number of amides is 3. The van der Waals surface area contributed by atoms with Crippen LogP contribution in [0.25, 0.3) is 0 Å². The van der Waals surface area contributed by atoms with Crippen molar-refractivity contribution in [1.29, 1.82) is 0 Å². The third-order valence-electron chi connectivity index (χ3n) is 5.61. The zero-order valence-electron chi connectivity index (χ0n) is 16.2. The minimum absolute atomic E-state index is 0.0348. The van der Waals surface area contributed by atoms with E-state index in [1.807, 2.05) is 9.80 Å². The Morgan fingerprint density at radius 3 is 2.35 bits per heavy atom. The highest BCUT2D eigenvalue weighted by molar-refractivity contribution is 5.88. The molecule has 7 heteroatoms. The van der Waals surface area contributed by atoms with Crippen LogP contribution >= 0.6 is 0 Å². The van der Waals surface area contributed by atoms with E-state index >= 15 is 0 Å². The SMILES string of the molecule is CC(=O)N1CC(N(CC(C)C)C(=O)C2CC2)CC1C(=O)N1CCNCC1. The van der Waals surface area contributed by atoms with E-state index in [1.54, 1.807) is 4.90 Å². The quantitative estimate of drug-likeness (QED) is 0.762. The highest BCUT2D eigenvalue weighted by Gasteiger charge is 2.45. The molecule has 0 aromatic heterocycles. The van der Waals surface area contributed by atoms with E-state index in [1.165, 1.54) is 6.92 Å². The van der Waals surface area contributed by atoms with E-state index in [0.29, 0.717) is 38.5 Å². The fourth-order valence-corrected chi connectivity index (χ4v) is 4.09. The molecule has 26 heavy (non-hydrogen) atoms. The van der Waals surface area contributed by atoms with Gasteiger partial charge in [-0.1, -0.05) is 13.8 Å². The Morgan fingerprint density at radius 1 is 1.15 bits per heavy atom. The summed E-state index contributed by atoms with van der Waals surface area (Å²) in [5.41, 5.74) is 0. The second-order valence-corrected chi connectivity index (χ2v) is 8.31. The van der Waals surface area contributed by atoms with Crippen LogP contribution in [-0.2, 0) is 14.4 Å². The number of hydrogen-bond donors (Lipinski definition) is 1. The summed E-state index contributed by atoms with van der Waals surface area (Å²) in [5, 5.41) is 3.25. The van der Waals surface area contributed by atoms with E-state index in [2.05, 4.69) is 19.2 Å². The Labute approximate surface area is 156 Å². The van der Waals surface area contributed by atoms with Gasteiger partial charge >= 0.3 is 0 Å². The Morgan fingerprint density at radius 2 is 1.81 bits per heavy atom. The molecule has 146 valence electrons. The van der Waals surface area contributed by atoms with Gasteiger partial charge in [0.1, 0.15) is 6.04 Å². The highest BCUT2D eigenvalue weighted by Crippen LogP contribution is 2.34. The van der Waals surface area contributed by atoms with Crippen LogP contribution in [0, 0.1) is 11.8 Å². The number of nitrogens with zero attached hydrogens (tertiary/aromatic N) is 3. The van der Waals surface area contributed by atoms with Crippen LogP contribution in [0.2, 0.25) is 0 Å². The Kier molecular flexibility index (Phi) is 5.85. The smallest absolute Gasteiger partial charge is 0.245 e. The van der Waals surface area contributed by atoms with Crippen molar-refractivity contribution in [2.75, 3.05) is 39.3 Å². The molecule has 1 saturated carbocycles. The van der Waals surface area contributed by atoms with Gasteiger partial charge in [-0.2, -0.15) is 0 Å². The lowest BCUT2D eigenvalue weighted by molar-refractivity contribution is -0.143. The summed E-state index contributed by atoms with van der Waals surface area (Å²) in [6.45, 7) is 9.86. The molecule has 2 aliphatic heterocycles. The van der Waals surface area contributed by atoms with Crippen molar-refractivity contribution >= 4 is 17.7 Å². The third kappa shape index (κ3) is 4.19. The summed E-state index contributed by atoms with van der Waals surface area (Å²) >= 11 is 0. The topological polar surface area (TPSA) is 73.0 Å². The molecule has 3 rings (SSSR count). The first-order valence-electron chi connectivity index (χ1n) is 9.95. The molecule has 3 fully saturated rings. The van der Waals surface area contributed by atoms with Gasteiger partial charge in [0.2, 0.25) is 17.7 Å². The number of likely N-dealkylation sites (tertiary alicyclic amines) is 1. The van der Waals surface area contributed by atoms with E-state index in [4.69, 9.17) is 0 Å². The predicted molar refractivity (Wildman–Crippen MR) is 98.3 cm³/mol. The van der Waals surface area contributed by atoms with Crippen molar-refractivity contribution < 1.29 is 14.4 Å². The van der Waals surface area contributed by atoms with Gasteiger partial charge in [0.15, 0.2) is 0 Å². The lowest BCUT2D eigenvalue weighted by atomic mass is 10.1. The molecule has 0 bridgehead atoms. The molecule has 0 aromatic carbocycles. The second-order valence-electron chi connectivity index (χ2n) is 8.31. The molecule has 1 N–H and O–H groups in total. The Hall–Kier alpha value is -1.63. The fraction of sp³-hybridized carbons (Fsp3) is 0.842. The summed E-state index contributed by atoms with van der Waals surface area (Å²) in [6.07, 6.45) is 2.51. The van der Waals surface area contributed by atoms with E-state index in [9.17, 15) is 14.4 Å². The first-order chi connectivity index (χ1) is 12.4. The summed E-state index contributed by atoms with van der Waals surface area (Å²) < 4.78 is 0. The molecule has 7 nitrogen and oxygen atoms in total. The normalized spacial score (nSPS) is 26.3. The van der Waals surface area contributed by atoms with Gasteiger partial charge in [-0.25, -0.2) is 0 Å². The van der Waals surface area contributed by atoms with Crippen LogP contribution in [0.3, 0.4) is 0 Å². The second kappa shape index (κ2) is 7.94. The zero-order valence-corrected chi connectivity index (χ0v) is 16.2. The lowest BCUT2D eigenvalue weighted by Crippen LogP contribution is -2.53. The number of rotatable bonds is 5. The highest BCUT2D eigenvalue weighted by atomic mass is 16.2. The summed E-state index contributed by atoms with van der Waals surface area (Å²) in [5.74, 6) is 0.688. The molecule has 0 aromatic rings. The van der Waals surface area contributed by atoms with Gasteiger partial charge in [-0.05, 0) is 25.2 Å². The minimum atomic E-state index is -0.433. The lowest BCUT2D eigenvalue weighted by Gasteiger charge is -2.32. The molecule has 1 aliphatic carbocycles. The Bertz CT molecular complexity index is 555. The standard InChI is InChI=1S/C19H32N4O3/c1-13(2)11-23(18(25)15-4-5-15)16-10-17(22(12-16)14(3)24)19(26)21-8-6-20-7-9-21/h13,15-17,20H,4-12H2,1-3H3. The monoisotopic (exact) mass is 364 g/mol. The molecule has 0 spiro atoms. The van der Waals surface area contributed by atoms with Crippen molar-refractivity contribution in [1.82, 2.24) is 20.0 Å². The molecule has 2 heterocycles. The van der Waals surface area contributed by atoms with Crippen molar-refractivity contribution in [3.63, 3.8) is 0 Å². The van der Waals surface area contributed by atoms with Crippen molar-refractivity contribution in [2.45, 2.75) is 52.1 Å². The maximum atomic E-state index is 13.0. The van der Waals surface area contributed by atoms with Gasteiger partial charge in [0, 0.05) is 52.1 Å². The van der Waals surface area contributed by atoms with Gasteiger partial charge in [0.05, 0.1) is 6.04 Å². The number of nitrogens with one attached hydrogen (secondary N) is 1. The van der Waals surface area contributed by atoms with Gasteiger partial charge < -0.3 is 20.0 Å². The minimum Gasteiger partial charge on any atom is -0.338 e. The van der Waals surface area contributed by atoms with Gasteiger partial charge in [-0.3, -0.25) is 14.4 Å². The summed E-state index contributed by atoms with van der Waals surface area (Å²) in [6, 6.07) is -0.483. The molecule has 2 atom stereocenters. The molecule has 2 saturated heterocycles. The average molecular weight is 364 g/mol. The van der Waals surface area contributed by atoms with Crippen LogP contribution in [0.15, 0.2) is 0 Å². The first kappa shape index (κ1) is 19.1. The van der Waals surface area contributed by atoms with Crippen LogP contribution in [0.4, 0.5) is 0 Å². The van der Waals surface area contributed by atoms with Crippen molar-refractivity contribution in [3.8, 4) is 0 Å². The van der Waals surface area contributed by atoms with Crippen molar-refractivity contribution in [2.24, 2.45) is 11.8 Å². The fourth-order valence-electron chi connectivity index (χ4n) is 4.09. The Balaban J connectivity index is 1.74. The molecular weight excluding hydrogens is 332 g/mol. The van der Waals surface area contributed by atoms with Crippen LogP contribution in [0.1, 0.15) is 40.0 Å². The zero-order chi connectivity index (χ0) is 18.8. The molecular formula is C19H32N4O3. The summed E-state index contributed by atoms with van der Waals surface area (Å²) in [7, 11) is 0. The maximum absolute atomic E-state index is 13.0.